The van der Waals surface area contributed by atoms with Gasteiger partial charge in [0, 0.05) is 43.9 Å². The number of aromatic nitrogens is 3. The first kappa shape index (κ1) is 23.6. The van der Waals surface area contributed by atoms with Crippen molar-refractivity contribution in [1.82, 2.24) is 24.2 Å². The lowest BCUT2D eigenvalue weighted by Gasteiger charge is -2.37. The number of pyridine rings is 3. The first-order valence-electron chi connectivity index (χ1n) is 12.0. The molecule has 0 unspecified atom stereocenters. The number of ether oxygens (including phenoxy) is 3. The Morgan fingerprint density at radius 2 is 1.86 bits per heavy atom. The summed E-state index contributed by atoms with van der Waals surface area (Å²) in [6, 6.07) is 5.74. The Morgan fingerprint density at radius 3 is 2.63 bits per heavy atom. The highest BCUT2D eigenvalue weighted by atomic mass is 16.6. The zero-order valence-corrected chi connectivity index (χ0v) is 20.3. The summed E-state index contributed by atoms with van der Waals surface area (Å²) in [4.78, 5) is 26.0. The highest BCUT2D eigenvalue weighted by Gasteiger charge is 2.23. The summed E-state index contributed by atoms with van der Waals surface area (Å²) in [5, 5.41) is 0. The standard InChI is InChI=1S/C25H30BN5O4/c1-17-11-24(32)30(21-13-20(33-2)14-28-25(17)21)8-7-29-5-3-19(4-6-29)31(26)16-18-12-22-23(15-27-18)35-10-9-34-22/h11-15,19H,3-10,16H2,1-2H3. The van der Waals surface area contributed by atoms with Crippen LogP contribution in [0.2, 0.25) is 0 Å². The van der Waals surface area contributed by atoms with Crippen LogP contribution in [0.1, 0.15) is 24.1 Å². The zero-order valence-electron chi connectivity index (χ0n) is 20.3. The van der Waals surface area contributed by atoms with E-state index >= 15 is 0 Å². The van der Waals surface area contributed by atoms with Crippen LogP contribution in [0.3, 0.4) is 0 Å². The molecule has 1 saturated heterocycles. The van der Waals surface area contributed by atoms with Gasteiger partial charge in [0.1, 0.15) is 19.0 Å². The minimum absolute atomic E-state index is 0.0139. The molecule has 0 amide bonds. The second-order valence-electron chi connectivity index (χ2n) is 9.12. The van der Waals surface area contributed by atoms with E-state index in [9.17, 15) is 4.79 Å². The smallest absolute Gasteiger partial charge is 0.251 e. The number of hydrogen-bond acceptors (Lipinski definition) is 8. The van der Waals surface area contributed by atoms with Crippen LogP contribution >= 0.6 is 0 Å². The Labute approximate surface area is 206 Å². The fraction of sp³-hybridized carbons (Fsp3) is 0.480. The van der Waals surface area contributed by atoms with E-state index < -0.39 is 0 Å². The number of rotatable bonds is 7. The molecule has 2 radical (unpaired) electrons. The molecule has 0 N–H and O–H groups in total. The Hall–Kier alpha value is -3.11. The van der Waals surface area contributed by atoms with Crippen LogP contribution in [0.15, 0.2) is 35.4 Å². The van der Waals surface area contributed by atoms with Crippen LogP contribution in [0.4, 0.5) is 0 Å². The number of hydrogen-bond donors (Lipinski definition) is 0. The number of aryl methyl sites for hydroxylation is 1. The van der Waals surface area contributed by atoms with Crippen LogP contribution in [0.25, 0.3) is 11.0 Å². The summed E-state index contributed by atoms with van der Waals surface area (Å²) in [6.45, 7) is 6.81. The van der Waals surface area contributed by atoms with Crippen molar-refractivity contribution in [2.45, 2.75) is 38.9 Å². The van der Waals surface area contributed by atoms with Gasteiger partial charge in [0.2, 0.25) is 0 Å². The van der Waals surface area contributed by atoms with Crippen LogP contribution in [-0.2, 0) is 13.1 Å². The summed E-state index contributed by atoms with van der Waals surface area (Å²) >= 11 is 0. The molecular weight excluding hydrogens is 445 g/mol. The fourth-order valence-electron chi connectivity index (χ4n) is 4.84. The largest absolute Gasteiger partial charge is 0.495 e. The van der Waals surface area contributed by atoms with E-state index in [2.05, 4.69) is 14.9 Å². The van der Waals surface area contributed by atoms with Crippen molar-refractivity contribution in [3.05, 3.63) is 52.2 Å². The first-order valence-corrected chi connectivity index (χ1v) is 12.0. The minimum atomic E-state index is -0.0139. The van der Waals surface area contributed by atoms with E-state index in [4.69, 9.17) is 22.2 Å². The van der Waals surface area contributed by atoms with Crippen LogP contribution in [-0.4, -0.2) is 78.2 Å². The van der Waals surface area contributed by atoms with Gasteiger partial charge in [-0.15, -0.1) is 0 Å². The Kier molecular flexibility index (Phi) is 6.92. The van der Waals surface area contributed by atoms with Gasteiger partial charge >= 0.3 is 0 Å². The Morgan fingerprint density at radius 1 is 1.09 bits per heavy atom. The molecule has 2 aliphatic heterocycles. The van der Waals surface area contributed by atoms with Gasteiger partial charge in [-0.2, -0.15) is 0 Å². The van der Waals surface area contributed by atoms with E-state index in [0.29, 0.717) is 37.8 Å². The summed E-state index contributed by atoms with van der Waals surface area (Å²) in [5.41, 5.74) is 3.37. The SMILES string of the molecule is [B]N(Cc1cc2c(cn1)OCCO2)C1CCN(CCn2c(=O)cc(C)c3ncc(OC)cc32)CC1. The highest BCUT2D eigenvalue weighted by molar-refractivity contribution is 6.04. The van der Waals surface area contributed by atoms with Crippen LogP contribution in [0, 0.1) is 6.92 Å². The van der Waals surface area contributed by atoms with E-state index in [1.807, 2.05) is 23.9 Å². The summed E-state index contributed by atoms with van der Waals surface area (Å²) in [5.74, 6) is 2.07. The van der Waals surface area contributed by atoms with Gasteiger partial charge in [0.05, 0.1) is 36.2 Å². The van der Waals surface area contributed by atoms with Crippen molar-refractivity contribution < 1.29 is 14.2 Å². The van der Waals surface area contributed by atoms with Gasteiger partial charge in [-0.25, -0.2) is 0 Å². The normalized spacial score (nSPS) is 16.7. The molecule has 5 rings (SSSR count). The maximum Gasteiger partial charge on any atom is 0.251 e. The lowest BCUT2D eigenvalue weighted by Crippen LogP contribution is -2.44. The van der Waals surface area contributed by atoms with Crippen molar-refractivity contribution in [3.63, 3.8) is 0 Å². The predicted octanol–water partition coefficient (Wildman–Crippen LogP) is 1.93. The molecule has 1 fully saturated rings. The van der Waals surface area contributed by atoms with Crippen molar-refractivity contribution in [1.29, 1.82) is 0 Å². The molecule has 0 bridgehead atoms. The second kappa shape index (κ2) is 10.3. The third kappa shape index (κ3) is 5.13. The van der Waals surface area contributed by atoms with Gasteiger partial charge in [0.15, 0.2) is 19.5 Å². The van der Waals surface area contributed by atoms with Crippen molar-refractivity contribution >= 4 is 19.0 Å². The summed E-state index contributed by atoms with van der Waals surface area (Å²) in [6.07, 6.45) is 5.32. The van der Waals surface area contributed by atoms with Gasteiger partial charge in [-0.05, 0) is 38.4 Å². The molecule has 0 aliphatic carbocycles. The molecule has 3 aromatic heterocycles. The zero-order chi connectivity index (χ0) is 24.4. The predicted molar refractivity (Wildman–Crippen MR) is 133 cm³/mol. The summed E-state index contributed by atoms with van der Waals surface area (Å²) in [7, 11) is 8.04. The quantitative estimate of drug-likeness (QED) is 0.480. The topological polar surface area (TPSA) is 82.0 Å². The van der Waals surface area contributed by atoms with Gasteiger partial charge in [-0.3, -0.25) is 14.8 Å². The molecular formula is C25H30BN5O4. The Balaban J connectivity index is 1.18. The van der Waals surface area contributed by atoms with Crippen molar-refractivity contribution in [3.8, 4) is 17.2 Å². The maximum atomic E-state index is 12.8. The number of likely N-dealkylation sites (tertiary alicyclic amines) is 1. The van der Waals surface area contributed by atoms with Crippen molar-refractivity contribution in [2.75, 3.05) is 40.0 Å². The van der Waals surface area contributed by atoms with Gasteiger partial charge < -0.3 is 28.5 Å². The summed E-state index contributed by atoms with van der Waals surface area (Å²) < 4.78 is 18.3. The van der Waals surface area contributed by atoms with Gasteiger partial charge in [-0.1, -0.05) is 0 Å². The molecule has 35 heavy (non-hydrogen) atoms. The molecule has 5 heterocycles. The van der Waals surface area contributed by atoms with Crippen LogP contribution in [0.5, 0.6) is 17.2 Å². The fourth-order valence-corrected chi connectivity index (χ4v) is 4.84. The lowest BCUT2D eigenvalue weighted by molar-refractivity contribution is 0.153. The monoisotopic (exact) mass is 475 g/mol. The average molecular weight is 475 g/mol. The highest BCUT2D eigenvalue weighted by Crippen LogP contribution is 2.30. The van der Waals surface area contributed by atoms with E-state index in [0.717, 1.165) is 60.5 Å². The number of nitrogens with zero attached hydrogens (tertiary/aromatic N) is 5. The van der Waals surface area contributed by atoms with Crippen LogP contribution < -0.4 is 19.8 Å². The Bertz CT molecular complexity index is 1260. The molecule has 0 saturated carbocycles. The molecule has 182 valence electrons. The number of methoxy groups -OCH3 is 1. The maximum absolute atomic E-state index is 12.8. The van der Waals surface area contributed by atoms with E-state index in [1.54, 1.807) is 30.1 Å². The van der Waals surface area contributed by atoms with E-state index in [-0.39, 0.29) is 11.6 Å². The first-order chi connectivity index (χ1) is 17.0. The molecule has 3 aromatic rings. The number of piperidine rings is 1. The molecule has 0 atom stereocenters. The second-order valence-corrected chi connectivity index (χ2v) is 9.12. The molecule has 0 spiro atoms. The van der Waals surface area contributed by atoms with Crippen molar-refractivity contribution in [2.24, 2.45) is 0 Å². The minimum Gasteiger partial charge on any atom is -0.495 e. The molecule has 2 aliphatic rings. The molecule has 0 aromatic carbocycles. The third-order valence-electron chi connectivity index (χ3n) is 6.85. The molecule has 9 nitrogen and oxygen atoms in total. The van der Waals surface area contributed by atoms with Gasteiger partial charge in [0.25, 0.3) is 5.56 Å². The molecule has 10 heteroatoms. The average Bonchev–Trinajstić information content (AvgIpc) is 2.88. The lowest BCUT2D eigenvalue weighted by atomic mass is 9.99. The number of fused-ring (bicyclic) bond motifs is 2. The third-order valence-corrected chi connectivity index (χ3v) is 6.85. The van der Waals surface area contributed by atoms with E-state index in [1.165, 1.54) is 0 Å².